The van der Waals surface area contributed by atoms with E-state index in [0.29, 0.717) is 5.56 Å². The minimum atomic E-state index is -0.126. The summed E-state index contributed by atoms with van der Waals surface area (Å²) < 4.78 is 1.73. The monoisotopic (exact) mass is 385 g/mol. The lowest BCUT2D eigenvalue weighted by Crippen LogP contribution is -2.12. The lowest BCUT2D eigenvalue weighted by Gasteiger charge is -2.08. The quantitative estimate of drug-likeness (QED) is 0.494. The highest BCUT2D eigenvalue weighted by Gasteiger charge is 2.12. The number of aryl methyl sites for hydroxylation is 1. The van der Waals surface area contributed by atoms with Gasteiger partial charge in [-0.05, 0) is 48.0 Å². The van der Waals surface area contributed by atoms with Crippen LogP contribution in [0, 0.1) is 6.92 Å². The number of fused-ring (bicyclic) bond motifs is 2. The van der Waals surface area contributed by atoms with Crippen molar-refractivity contribution in [3.8, 4) is 10.6 Å². The first kappa shape index (κ1) is 16.6. The Bertz CT molecular complexity index is 1310. The molecular formula is C21H15N5OS. The van der Waals surface area contributed by atoms with Crippen molar-refractivity contribution >= 4 is 38.7 Å². The Morgan fingerprint density at radius 3 is 2.57 bits per heavy atom. The van der Waals surface area contributed by atoms with E-state index in [-0.39, 0.29) is 5.91 Å². The molecule has 2 aromatic heterocycles. The molecule has 2 heterocycles. The van der Waals surface area contributed by atoms with Crippen LogP contribution in [0.3, 0.4) is 0 Å². The number of aromatic nitrogens is 4. The smallest absolute Gasteiger partial charge is 0.256 e. The van der Waals surface area contributed by atoms with Gasteiger partial charge in [0.2, 0.25) is 4.96 Å². The number of nitrogens with zero attached hydrogens (tertiary/aromatic N) is 4. The summed E-state index contributed by atoms with van der Waals surface area (Å²) in [6.45, 7) is 1.87. The first-order valence-electron chi connectivity index (χ1n) is 8.77. The molecule has 5 aromatic rings. The van der Waals surface area contributed by atoms with Gasteiger partial charge in [0, 0.05) is 16.8 Å². The molecule has 5 rings (SSSR count). The summed E-state index contributed by atoms with van der Waals surface area (Å²) in [6.07, 6.45) is 0. The second-order valence-electron chi connectivity index (χ2n) is 6.41. The molecule has 0 aliphatic carbocycles. The molecule has 0 radical (unpaired) electrons. The molecule has 3 aromatic carbocycles. The van der Waals surface area contributed by atoms with Gasteiger partial charge in [0.15, 0.2) is 5.82 Å². The number of carbonyl (C=O) groups is 1. The molecule has 1 N–H and O–H groups in total. The van der Waals surface area contributed by atoms with E-state index in [4.69, 9.17) is 0 Å². The number of rotatable bonds is 3. The average molecular weight is 385 g/mol. The zero-order valence-corrected chi connectivity index (χ0v) is 15.8. The SMILES string of the molecule is Cc1nnc2sc(-c3ccc(NC(=O)c4cccc5ccccc45)cc3)nn12. The standard InChI is InChI=1S/C21H15N5OS/c1-13-23-24-21-26(13)25-20(28-21)15-9-11-16(12-10-15)22-19(27)18-8-4-6-14-5-2-3-7-17(14)18/h2-12H,1H3,(H,22,27). The van der Waals surface area contributed by atoms with E-state index in [1.807, 2.05) is 73.7 Å². The van der Waals surface area contributed by atoms with Crippen LogP contribution in [0.1, 0.15) is 16.2 Å². The van der Waals surface area contributed by atoms with Crippen LogP contribution in [0.2, 0.25) is 0 Å². The Labute approximate surface area is 164 Å². The van der Waals surface area contributed by atoms with E-state index >= 15 is 0 Å². The van der Waals surface area contributed by atoms with Crippen LogP contribution in [0.15, 0.2) is 66.7 Å². The first-order chi connectivity index (χ1) is 13.7. The molecule has 1 amide bonds. The lowest BCUT2D eigenvalue weighted by molar-refractivity contribution is 0.102. The van der Waals surface area contributed by atoms with Crippen molar-refractivity contribution in [1.29, 1.82) is 0 Å². The van der Waals surface area contributed by atoms with Crippen LogP contribution in [0.5, 0.6) is 0 Å². The number of carbonyl (C=O) groups excluding carboxylic acids is 1. The average Bonchev–Trinajstić information content (AvgIpc) is 3.30. The minimum absolute atomic E-state index is 0.126. The maximum Gasteiger partial charge on any atom is 0.256 e. The van der Waals surface area contributed by atoms with Crippen molar-refractivity contribution in [2.24, 2.45) is 0 Å². The molecule has 0 saturated heterocycles. The molecule has 28 heavy (non-hydrogen) atoms. The van der Waals surface area contributed by atoms with Gasteiger partial charge in [-0.2, -0.15) is 9.61 Å². The van der Waals surface area contributed by atoms with E-state index in [0.717, 1.165) is 37.8 Å². The molecule has 6 nitrogen and oxygen atoms in total. The van der Waals surface area contributed by atoms with Crippen molar-refractivity contribution in [1.82, 2.24) is 19.8 Å². The van der Waals surface area contributed by atoms with Crippen LogP contribution in [0.4, 0.5) is 5.69 Å². The van der Waals surface area contributed by atoms with Crippen LogP contribution < -0.4 is 5.32 Å². The number of nitrogens with one attached hydrogen (secondary N) is 1. The van der Waals surface area contributed by atoms with Gasteiger partial charge in [-0.25, -0.2) is 0 Å². The predicted octanol–water partition coefficient (Wildman–Crippen LogP) is 4.57. The summed E-state index contributed by atoms with van der Waals surface area (Å²) >= 11 is 1.48. The lowest BCUT2D eigenvalue weighted by atomic mass is 10.0. The van der Waals surface area contributed by atoms with Gasteiger partial charge < -0.3 is 5.32 Å². The van der Waals surface area contributed by atoms with Crippen molar-refractivity contribution < 1.29 is 4.79 Å². The highest BCUT2D eigenvalue weighted by atomic mass is 32.1. The van der Waals surface area contributed by atoms with Crippen molar-refractivity contribution in [3.05, 3.63) is 78.1 Å². The van der Waals surface area contributed by atoms with E-state index in [9.17, 15) is 4.79 Å². The van der Waals surface area contributed by atoms with Gasteiger partial charge >= 0.3 is 0 Å². The van der Waals surface area contributed by atoms with Gasteiger partial charge in [-0.1, -0.05) is 47.7 Å². The Hall–Kier alpha value is -3.58. The normalized spacial score (nSPS) is 11.2. The molecule has 0 aliphatic heterocycles. The molecule has 0 bridgehead atoms. The van der Waals surface area contributed by atoms with Gasteiger partial charge in [-0.15, -0.1) is 10.2 Å². The Morgan fingerprint density at radius 1 is 0.964 bits per heavy atom. The second-order valence-corrected chi connectivity index (χ2v) is 7.36. The van der Waals surface area contributed by atoms with E-state index in [1.54, 1.807) is 4.52 Å². The molecule has 0 aliphatic rings. The third-order valence-electron chi connectivity index (χ3n) is 4.57. The molecule has 0 fully saturated rings. The summed E-state index contributed by atoms with van der Waals surface area (Å²) in [7, 11) is 0. The van der Waals surface area contributed by atoms with Crippen molar-refractivity contribution in [3.63, 3.8) is 0 Å². The summed E-state index contributed by atoms with van der Waals surface area (Å²) in [6, 6.07) is 21.3. The third-order valence-corrected chi connectivity index (χ3v) is 5.52. The first-order valence-corrected chi connectivity index (χ1v) is 9.59. The number of benzene rings is 3. The molecular weight excluding hydrogens is 370 g/mol. The highest BCUT2D eigenvalue weighted by Crippen LogP contribution is 2.27. The summed E-state index contributed by atoms with van der Waals surface area (Å²) in [5.41, 5.74) is 2.37. The van der Waals surface area contributed by atoms with Gasteiger partial charge in [-0.3, -0.25) is 4.79 Å². The van der Waals surface area contributed by atoms with E-state index in [2.05, 4.69) is 20.6 Å². The molecule has 7 heteroatoms. The van der Waals surface area contributed by atoms with Crippen LogP contribution in [-0.4, -0.2) is 25.7 Å². The largest absolute Gasteiger partial charge is 0.322 e. The molecule has 0 spiro atoms. The maximum absolute atomic E-state index is 12.8. The third kappa shape index (κ3) is 2.82. The predicted molar refractivity (Wildman–Crippen MR) is 111 cm³/mol. The molecule has 0 saturated carbocycles. The Balaban J connectivity index is 1.40. The van der Waals surface area contributed by atoms with Crippen LogP contribution in [0.25, 0.3) is 26.3 Å². The number of hydrogen-bond donors (Lipinski definition) is 1. The molecule has 0 unspecified atom stereocenters. The molecule has 0 atom stereocenters. The maximum atomic E-state index is 12.8. The Kier molecular flexibility index (Phi) is 3.87. The van der Waals surface area contributed by atoms with Gasteiger partial charge in [0.05, 0.1) is 0 Å². The second kappa shape index (κ2) is 6.54. The van der Waals surface area contributed by atoms with Crippen LogP contribution in [-0.2, 0) is 0 Å². The molecule has 136 valence electrons. The van der Waals surface area contributed by atoms with E-state index in [1.165, 1.54) is 11.3 Å². The Morgan fingerprint density at radius 2 is 1.75 bits per heavy atom. The highest BCUT2D eigenvalue weighted by molar-refractivity contribution is 7.19. The number of hydrogen-bond acceptors (Lipinski definition) is 5. The van der Waals surface area contributed by atoms with Crippen molar-refractivity contribution in [2.75, 3.05) is 5.32 Å². The zero-order chi connectivity index (χ0) is 19.1. The van der Waals surface area contributed by atoms with E-state index < -0.39 is 0 Å². The van der Waals surface area contributed by atoms with Gasteiger partial charge in [0.1, 0.15) is 5.01 Å². The van der Waals surface area contributed by atoms with Crippen molar-refractivity contribution in [2.45, 2.75) is 6.92 Å². The zero-order valence-electron chi connectivity index (χ0n) is 15.0. The van der Waals surface area contributed by atoms with Crippen LogP contribution >= 0.6 is 11.3 Å². The fraction of sp³-hybridized carbons (Fsp3) is 0.0476. The summed E-state index contributed by atoms with van der Waals surface area (Å²) in [5.74, 6) is 0.635. The summed E-state index contributed by atoms with van der Waals surface area (Å²) in [5, 5.41) is 18.5. The number of anilines is 1. The minimum Gasteiger partial charge on any atom is -0.322 e. The van der Waals surface area contributed by atoms with Gasteiger partial charge in [0.25, 0.3) is 5.91 Å². The topological polar surface area (TPSA) is 72.2 Å². The summed E-state index contributed by atoms with van der Waals surface area (Å²) in [4.78, 5) is 13.5. The fourth-order valence-electron chi connectivity index (χ4n) is 3.15. The number of amides is 1. The fourth-order valence-corrected chi connectivity index (χ4v) is 4.04.